The van der Waals surface area contributed by atoms with Crippen molar-refractivity contribution in [3.05, 3.63) is 24.3 Å². The summed E-state index contributed by atoms with van der Waals surface area (Å²) in [6.45, 7) is 0.470. The van der Waals surface area contributed by atoms with Crippen LogP contribution in [0, 0.1) is 5.92 Å². The number of anilines is 2. The summed E-state index contributed by atoms with van der Waals surface area (Å²) in [6, 6.07) is 7.07. The Morgan fingerprint density at radius 3 is 2.76 bits per heavy atom. The second-order valence-corrected chi connectivity index (χ2v) is 4.25. The number of nitrogens with two attached hydrogens (primary N) is 1. The molecule has 0 aliphatic carbocycles. The fourth-order valence-corrected chi connectivity index (χ4v) is 1.88. The highest BCUT2D eigenvalue weighted by Crippen LogP contribution is 2.21. The van der Waals surface area contributed by atoms with Crippen LogP contribution < -0.4 is 11.1 Å². The SMILES string of the molecule is CN1CC(C(=O)Nc2ccccc2N)CC1=O. The highest BCUT2D eigenvalue weighted by molar-refractivity contribution is 5.98. The lowest BCUT2D eigenvalue weighted by molar-refractivity contribution is -0.127. The van der Waals surface area contributed by atoms with Gasteiger partial charge < -0.3 is 16.0 Å². The molecule has 0 spiro atoms. The van der Waals surface area contributed by atoms with Crippen LogP contribution in [0.4, 0.5) is 11.4 Å². The fourth-order valence-electron chi connectivity index (χ4n) is 1.88. The van der Waals surface area contributed by atoms with Gasteiger partial charge in [-0.2, -0.15) is 0 Å². The molecule has 1 aliphatic rings. The fraction of sp³-hybridized carbons (Fsp3) is 0.333. The van der Waals surface area contributed by atoms with Gasteiger partial charge in [-0.3, -0.25) is 9.59 Å². The van der Waals surface area contributed by atoms with Gasteiger partial charge in [-0.1, -0.05) is 12.1 Å². The Bertz CT molecular complexity index is 459. The number of para-hydroxylation sites is 2. The van der Waals surface area contributed by atoms with Gasteiger partial charge in [0.25, 0.3) is 0 Å². The van der Waals surface area contributed by atoms with Crippen LogP contribution >= 0.6 is 0 Å². The van der Waals surface area contributed by atoms with Crippen LogP contribution in [-0.2, 0) is 9.59 Å². The Labute approximate surface area is 99.6 Å². The van der Waals surface area contributed by atoms with Crippen LogP contribution in [0.25, 0.3) is 0 Å². The van der Waals surface area contributed by atoms with Crippen molar-refractivity contribution < 1.29 is 9.59 Å². The molecule has 1 aromatic carbocycles. The topological polar surface area (TPSA) is 75.4 Å². The molecule has 17 heavy (non-hydrogen) atoms. The number of benzene rings is 1. The quantitative estimate of drug-likeness (QED) is 0.738. The standard InChI is InChI=1S/C12H15N3O2/c1-15-7-8(6-11(15)16)12(17)14-10-5-3-2-4-9(10)13/h2-5,8H,6-7,13H2,1H3,(H,14,17). The Morgan fingerprint density at radius 2 is 2.18 bits per heavy atom. The minimum atomic E-state index is -0.285. The molecule has 5 nitrogen and oxygen atoms in total. The first-order valence-corrected chi connectivity index (χ1v) is 5.47. The molecule has 0 aromatic heterocycles. The van der Waals surface area contributed by atoms with Crippen molar-refractivity contribution in [3.63, 3.8) is 0 Å². The normalized spacial score (nSPS) is 19.5. The van der Waals surface area contributed by atoms with Crippen molar-refractivity contribution in [1.82, 2.24) is 4.90 Å². The zero-order valence-corrected chi connectivity index (χ0v) is 9.64. The molecule has 0 radical (unpaired) electrons. The predicted octanol–water partition coefficient (Wildman–Crippen LogP) is 0.686. The molecule has 1 unspecified atom stereocenters. The summed E-state index contributed by atoms with van der Waals surface area (Å²) in [6.07, 6.45) is 0.273. The van der Waals surface area contributed by atoms with E-state index in [0.29, 0.717) is 17.9 Å². The Kier molecular flexibility index (Phi) is 2.99. The van der Waals surface area contributed by atoms with E-state index in [2.05, 4.69) is 5.32 Å². The van der Waals surface area contributed by atoms with Crippen molar-refractivity contribution in [1.29, 1.82) is 0 Å². The lowest BCUT2D eigenvalue weighted by atomic mass is 10.1. The van der Waals surface area contributed by atoms with Crippen LogP contribution in [0.5, 0.6) is 0 Å². The number of carbonyl (C=O) groups excluding carboxylic acids is 2. The zero-order chi connectivity index (χ0) is 12.4. The van der Waals surface area contributed by atoms with E-state index in [1.165, 1.54) is 0 Å². The average Bonchev–Trinajstić information content (AvgIpc) is 2.63. The first kappa shape index (κ1) is 11.4. The molecule has 0 bridgehead atoms. The van der Waals surface area contributed by atoms with Crippen LogP contribution in [0.2, 0.25) is 0 Å². The molecule has 5 heteroatoms. The number of carbonyl (C=O) groups is 2. The van der Waals surface area contributed by atoms with Gasteiger partial charge in [0.15, 0.2) is 0 Å². The Morgan fingerprint density at radius 1 is 1.47 bits per heavy atom. The number of hydrogen-bond donors (Lipinski definition) is 2. The third kappa shape index (κ3) is 2.38. The lowest BCUT2D eigenvalue weighted by Gasteiger charge is -2.12. The van der Waals surface area contributed by atoms with Gasteiger partial charge in [0, 0.05) is 20.0 Å². The number of rotatable bonds is 2. The van der Waals surface area contributed by atoms with Crippen molar-refractivity contribution in [3.8, 4) is 0 Å². The lowest BCUT2D eigenvalue weighted by Crippen LogP contribution is -2.26. The minimum absolute atomic E-state index is 0.00573. The van der Waals surface area contributed by atoms with E-state index in [-0.39, 0.29) is 24.2 Å². The van der Waals surface area contributed by atoms with Crippen molar-refractivity contribution in [2.24, 2.45) is 5.92 Å². The summed E-state index contributed by atoms with van der Waals surface area (Å²) in [5, 5.41) is 2.75. The number of nitrogen functional groups attached to an aromatic ring is 1. The molecule has 2 amide bonds. The maximum absolute atomic E-state index is 11.9. The van der Waals surface area contributed by atoms with Crippen molar-refractivity contribution in [2.75, 3.05) is 24.6 Å². The zero-order valence-electron chi connectivity index (χ0n) is 9.64. The van der Waals surface area contributed by atoms with E-state index >= 15 is 0 Å². The van der Waals surface area contributed by atoms with E-state index in [0.717, 1.165) is 0 Å². The van der Waals surface area contributed by atoms with E-state index in [1.54, 1.807) is 36.2 Å². The van der Waals surface area contributed by atoms with Gasteiger partial charge in [-0.05, 0) is 12.1 Å². The highest BCUT2D eigenvalue weighted by atomic mass is 16.2. The van der Waals surface area contributed by atoms with Gasteiger partial charge in [0.2, 0.25) is 11.8 Å². The summed E-state index contributed by atoms with van der Waals surface area (Å²) >= 11 is 0. The summed E-state index contributed by atoms with van der Waals surface area (Å²) < 4.78 is 0. The minimum Gasteiger partial charge on any atom is -0.397 e. The number of hydrogen-bond acceptors (Lipinski definition) is 3. The molecular weight excluding hydrogens is 218 g/mol. The first-order chi connectivity index (χ1) is 8.08. The summed E-state index contributed by atoms with van der Waals surface area (Å²) in [5.41, 5.74) is 6.85. The van der Waals surface area contributed by atoms with E-state index in [4.69, 9.17) is 5.73 Å². The number of nitrogens with one attached hydrogen (secondary N) is 1. The summed E-state index contributed by atoms with van der Waals surface area (Å²) in [4.78, 5) is 24.8. The number of amides is 2. The molecule has 1 fully saturated rings. The van der Waals surface area contributed by atoms with Crippen molar-refractivity contribution in [2.45, 2.75) is 6.42 Å². The molecular formula is C12H15N3O2. The smallest absolute Gasteiger partial charge is 0.229 e. The van der Waals surface area contributed by atoms with Crippen LogP contribution in [0.3, 0.4) is 0 Å². The van der Waals surface area contributed by atoms with Gasteiger partial charge in [-0.25, -0.2) is 0 Å². The van der Waals surface area contributed by atoms with E-state index < -0.39 is 0 Å². The van der Waals surface area contributed by atoms with Crippen LogP contribution in [0.1, 0.15) is 6.42 Å². The predicted molar refractivity (Wildman–Crippen MR) is 65.2 cm³/mol. The summed E-state index contributed by atoms with van der Waals surface area (Å²) in [7, 11) is 1.70. The third-order valence-electron chi connectivity index (χ3n) is 2.93. The molecule has 1 heterocycles. The maximum atomic E-state index is 11.9. The van der Waals surface area contributed by atoms with Crippen molar-refractivity contribution >= 4 is 23.2 Å². The van der Waals surface area contributed by atoms with E-state index in [9.17, 15) is 9.59 Å². The van der Waals surface area contributed by atoms with Gasteiger partial charge >= 0.3 is 0 Å². The molecule has 0 saturated carbocycles. The number of nitrogens with zero attached hydrogens (tertiary/aromatic N) is 1. The largest absolute Gasteiger partial charge is 0.397 e. The molecule has 2 rings (SSSR count). The molecule has 1 atom stereocenters. The highest BCUT2D eigenvalue weighted by Gasteiger charge is 2.32. The molecule has 90 valence electrons. The molecule has 1 aliphatic heterocycles. The Balaban J connectivity index is 2.03. The maximum Gasteiger partial charge on any atom is 0.229 e. The number of likely N-dealkylation sites (tertiary alicyclic amines) is 1. The van der Waals surface area contributed by atoms with E-state index in [1.807, 2.05) is 0 Å². The first-order valence-electron chi connectivity index (χ1n) is 5.47. The van der Waals surface area contributed by atoms with Gasteiger partial charge in [-0.15, -0.1) is 0 Å². The molecule has 1 saturated heterocycles. The van der Waals surface area contributed by atoms with Crippen LogP contribution in [-0.4, -0.2) is 30.3 Å². The Hall–Kier alpha value is -2.04. The van der Waals surface area contributed by atoms with Gasteiger partial charge in [0.05, 0.1) is 17.3 Å². The second kappa shape index (κ2) is 4.45. The van der Waals surface area contributed by atoms with Gasteiger partial charge in [0.1, 0.15) is 0 Å². The molecule has 1 aromatic rings. The monoisotopic (exact) mass is 233 g/mol. The average molecular weight is 233 g/mol. The third-order valence-corrected chi connectivity index (χ3v) is 2.93. The molecule has 3 N–H and O–H groups in total. The second-order valence-electron chi connectivity index (χ2n) is 4.25. The summed E-state index contributed by atoms with van der Waals surface area (Å²) in [5.74, 6) is -0.432. The van der Waals surface area contributed by atoms with Crippen LogP contribution in [0.15, 0.2) is 24.3 Å².